The summed E-state index contributed by atoms with van der Waals surface area (Å²) in [5, 5.41) is 15.2. The molecule has 0 saturated heterocycles. The highest BCUT2D eigenvalue weighted by molar-refractivity contribution is 5.92. The lowest BCUT2D eigenvalue weighted by molar-refractivity contribution is -0.143. The standard InChI is InChI=1S/C25H40N4O6/c1-8-15-29(20(21(32)28-24(2,3)4)16-9-11-17(30)12-10-16)22(33)18(13-14-19(26)31)27-23(34)35-25(5,6)7/h9-12,18,20,30H,8,13-15H2,1-7H3,(H2,26,31)(H,27,34)(H,28,32). The number of hydrogen-bond donors (Lipinski definition) is 4. The molecule has 0 fully saturated rings. The van der Waals surface area contributed by atoms with Crippen LogP contribution in [0.15, 0.2) is 24.3 Å². The van der Waals surface area contributed by atoms with Gasteiger partial charge in [0.2, 0.25) is 17.7 Å². The van der Waals surface area contributed by atoms with Gasteiger partial charge in [-0.15, -0.1) is 0 Å². The number of nitrogens with one attached hydrogen (secondary N) is 2. The first-order chi connectivity index (χ1) is 16.0. The molecule has 0 radical (unpaired) electrons. The lowest BCUT2D eigenvalue weighted by atomic mass is 9.99. The number of benzene rings is 1. The van der Waals surface area contributed by atoms with Gasteiger partial charge in [-0.25, -0.2) is 4.79 Å². The van der Waals surface area contributed by atoms with Gasteiger partial charge in [0.05, 0.1) is 0 Å². The average molecular weight is 493 g/mol. The van der Waals surface area contributed by atoms with Gasteiger partial charge in [0.25, 0.3) is 0 Å². The Morgan fingerprint density at radius 3 is 2.09 bits per heavy atom. The van der Waals surface area contributed by atoms with Gasteiger partial charge < -0.3 is 31.1 Å². The van der Waals surface area contributed by atoms with E-state index in [0.29, 0.717) is 12.0 Å². The van der Waals surface area contributed by atoms with Crippen molar-refractivity contribution in [3.8, 4) is 5.75 Å². The molecular formula is C25H40N4O6. The van der Waals surface area contributed by atoms with Crippen molar-refractivity contribution in [1.29, 1.82) is 0 Å². The summed E-state index contributed by atoms with van der Waals surface area (Å²) in [5.74, 6) is -1.59. The van der Waals surface area contributed by atoms with E-state index < -0.39 is 47.0 Å². The topological polar surface area (TPSA) is 151 Å². The van der Waals surface area contributed by atoms with Crippen LogP contribution in [0.4, 0.5) is 4.79 Å². The van der Waals surface area contributed by atoms with Gasteiger partial charge >= 0.3 is 6.09 Å². The number of alkyl carbamates (subject to hydrolysis) is 1. The summed E-state index contributed by atoms with van der Waals surface area (Å²) >= 11 is 0. The fraction of sp³-hybridized carbons (Fsp3) is 0.600. The van der Waals surface area contributed by atoms with Crippen LogP contribution in [0.25, 0.3) is 0 Å². The van der Waals surface area contributed by atoms with E-state index in [1.807, 2.05) is 27.7 Å². The molecule has 0 aliphatic carbocycles. The van der Waals surface area contributed by atoms with Crippen molar-refractivity contribution in [3.63, 3.8) is 0 Å². The average Bonchev–Trinajstić information content (AvgIpc) is 2.68. The third kappa shape index (κ3) is 10.7. The van der Waals surface area contributed by atoms with Crippen LogP contribution in [0.5, 0.6) is 5.75 Å². The fourth-order valence-corrected chi connectivity index (χ4v) is 3.37. The lowest BCUT2D eigenvalue weighted by Gasteiger charge is -2.36. The van der Waals surface area contributed by atoms with Crippen molar-refractivity contribution in [2.45, 2.75) is 91.0 Å². The highest BCUT2D eigenvalue weighted by Gasteiger charge is 2.37. The number of amides is 4. The summed E-state index contributed by atoms with van der Waals surface area (Å²) in [6.07, 6.45) is -0.504. The lowest BCUT2D eigenvalue weighted by Crippen LogP contribution is -2.55. The highest BCUT2D eigenvalue weighted by Crippen LogP contribution is 2.26. The Hall–Kier alpha value is -3.30. The molecule has 2 unspecified atom stereocenters. The first kappa shape index (κ1) is 29.7. The number of hydrogen-bond acceptors (Lipinski definition) is 6. The van der Waals surface area contributed by atoms with Crippen molar-refractivity contribution in [1.82, 2.24) is 15.5 Å². The Morgan fingerprint density at radius 2 is 1.63 bits per heavy atom. The fourth-order valence-electron chi connectivity index (χ4n) is 3.37. The van der Waals surface area contributed by atoms with Gasteiger partial charge in [0.1, 0.15) is 23.4 Å². The molecule has 0 aromatic heterocycles. The quantitative estimate of drug-likeness (QED) is 0.394. The van der Waals surface area contributed by atoms with Crippen LogP contribution >= 0.6 is 0 Å². The molecule has 2 atom stereocenters. The van der Waals surface area contributed by atoms with E-state index in [1.54, 1.807) is 32.9 Å². The normalized spacial score (nSPS) is 13.3. The minimum atomic E-state index is -1.15. The minimum Gasteiger partial charge on any atom is -0.508 e. The van der Waals surface area contributed by atoms with Gasteiger partial charge in [-0.3, -0.25) is 14.4 Å². The Kier molecular flexibility index (Phi) is 10.5. The van der Waals surface area contributed by atoms with Crippen molar-refractivity contribution >= 4 is 23.8 Å². The minimum absolute atomic E-state index is 0.0167. The van der Waals surface area contributed by atoms with E-state index in [9.17, 15) is 24.3 Å². The first-order valence-electron chi connectivity index (χ1n) is 11.7. The molecule has 0 heterocycles. The van der Waals surface area contributed by atoms with Crippen molar-refractivity contribution < 1.29 is 29.0 Å². The van der Waals surface area contributed by atoms with E-state index in [-0.39, 0.29) is 25.1 Å². The zero-order chi connectivity index (χ0) is 27.0. The van der Waals surface area contributed by atoms with Gasteiger partial charge in [0, 0.05) is 18.5 Å². The molecule has 196 valence electrons. The molecule has 1 aromatic carbocycles. The number of phenols is 1. The zero-order valence-corrected chi connectivity index (χ0v) is 21.8. The molecule has 4 amide bonds. The molecule has 0 aliphatic heterocycles. The summed E-state index contributed by atoms with van der Waals surface area (Å²) < 4.78 is 5.29. The number of nitrogens with two attached hydrogens (primary N) is 1. The first-order valence-corrected chi connectivity index (χ1v) is 11.7. The van der Waals surface area contributed by atoms with Crippen LogP contribution in [-0.2, 0) is 19.1 Å². The summed E-state index contributed by atoms with van der Waals surface area (Å²) in [4.78, 5) is 52.5. The number of primary amides is 1. The van der Waals surface area contributed by atoms with Crippen LogP contribution in [0.3, 0.4) is 0 Å². The predicted octanol–water partition coefficient (Wildman–Crippen LogP) is 2.75. The Morgan fingerprint density at radius 1 is 1.06 bits per heavy atom. The van der Waals surface area contributed by atoms with Gasteiger partial charge in [0.15, 0.2) is 0 Å². The third-order valence-electron chi connectivity index (χ3n) is 4.68. The Balaban J connectivity index is 3.44. The molecule has 5 N–H and O–H groups in total. The van der Waals surface area contributed by atoms with E-state index in [4.69, 9.17) is 10.5 Å². The summed E-state index contributed by atoms with van der Waals surface area (Å²) in [6, 6.07) is 3.82. The molecule has 0 spiro atoms. The van der Waals surface area contributed by atoms with Crippen molar-refractivity contribution in [2.24, 2.45) is 5.73 Å². The van der Waals surface area contributed by atoms with Crippen LogP contribution in [0.2, 0.25) is 0 Å². The summed E-state index contributed by atoms with van der Waals surface area (Å²) in [5.41, 5.74) is 4.40. The predicted molar refractivity (Wildman–Crippen MR) is 132 cm³/mol. The molecule has 0 aliphatic rings. The van der Waals surface area contributed by atoms with Crippen LogP contribution < -0.4 is 16.4 Å². The summed E-state index contributed by atoms with van der Waals surface area (Å²) in [6.45, 7) is 12.6. The number of rotatable bonds is 10. The number of carbonyl (C=O) groups is 4. The SMILES string of the molecule is CCCN(C(=O)C(CCC(N)=O)NC(=O)OC(C)(C)C)C(C(=O)NC(C)(C)C)c1ccc(O)cc1. The van der Waals surface area contributed by atoms with E-state index in [2.05, 4.69) is 10.6 Å². The second kappa shape index (κ2) is 12.4. The Labute approximate surface area is 207 Å². The molecule has 1 rings (SSSR count). The van der Waals surface area contributed by atoms with Gasteiger partial charge in [-0.2, -0.15) is 0 Å². The number of carbonyl (C=O) groups excluding carboxylic acids is 4. The zero-order valence-electron chi connectivity index (χ0n) is 21.8. The van der Waals surface area contributed by atoms with Crippen molar-refractivity contribution in [3.05, 3.63) is 29.8 Å². The van der Waals surface area contributed by atoms with Crippen LogP contribution in [-0.4, -0.2) is 57.5 Å². The number of phenolic OH excluding ortho intramolecular Hbond substituents is 1. The number of ether oxygens (including phenoxy) is 1. The maximum atomic E-state index is 13.8. The second-order valence-electron chi connectivity index (χ2n) is 10.5. The van der Waals surface area contributed by atoms with Crippen molar-refractivity contribution in [2.75, 3.05) is 6.54 Å². The summed E-state index contributed by atoms with van der Waals surface area (Å²) in [7, 11) is 0. The maximum Gasteiger partial charge on any atom is 0.408 e. The highest BCUT2D eigenvalue weighted by atomic mass is 16.6. The molecule has 0 bridgehead atoms. The van der Waals surface area contributed by atoms with Gasteiger partial charge in [-0.05, 0) is 72.1 Å². The third-order valence-corrected chi connectivity index (χ3v) is 4.68. The maximum absolute atomic E-state index is 13.8. The van der Waals surface area contributed by atoms with E-state index in [0.717, 1.165) is 0 Å². The van der Waals surface area contributed by atoms with Gasteiger partial charge in [-0.1, -0.05) is 19.1 Å². The number of nitrogens with zero attached hydrogens (tertiary/aromatic N) is 1. The Bertz CT molecular complexity index is 887. The number of aromatic hydroxyl groups is 1. The van der Waals surface area contributed by atoms with Crippen LogP contribution in [0, 0.1) is 0 Å². The molecule has 35 heavy (non-hydrogen) atoms. The molecular weight excluding hydrogens is 452 g/mol. The molecule has 0 saturated carbocycles. The second-order valence-corrected chi connectivity index (χ2v) is 10.5. The van der Waals surface area contributed by atoms with Crippen LogP contribution in [0.1, 0.15) is 79.3 Å². The molecule has 1 aromatic rings. The largest absolute Gasteiger partial charge is 0.508 e. The molecule has 10 nitrogen and oxygen atoms in total. The monoisotopic (exact) mass is 492 g/mol. The molecule has 10 heteroatoms. The van der Waals surface area contributed by atoms with E-state index >= 15 is 0 Å². The van der Waals surface area contributed by atoms with E-state index in [1.165, 1.54) is 17.0 Å². The smallest absolute Gasteiger partial charge is 0.408 e.